The van der Waals surface area contributed by atoms with E-state index in [1.54, 1.807) is 13.2 Å². The van der Waals surface area contributed by atoms with E-state index in [1.807, 2.05) is 6.07 Å². The first-order valence-corrected chi connectivity index (χ1v) is 8.99. The number of anilines is 1. The zero-order valence-electron chi connectivity index (χ0n) is 17.1. The van der Waals surface area contributed by atoms with Crippen molar-refractivity contribution in [2.75, 3.05) is 25.5 Å². The monoisotopic (exact) mass is 485 g/mol. The Morgan fingerprint density at radius 3 is 2.44 bits per heavy atom. The first kappa shape index (κ1) is 23.3. The van der Waals surface area contributed by atoms with Gasteiger partial charge in [-0.1, -0.05) is 39.0 Å². The van der Waals surface area contributed by atoms with Gasteiger partial charge in [-0.2, -0.15) is 0 Å². The van der Waals surface area contributed by atoms with Crippen LogP contribution >= 0.6 is 24.0 Å². The van der Waals surface area contributed by atoms with E-state index < -0.39 is 0 Å². The number of benzene rings is 1. The molecule has 0 bridgehead atoms. The Kier molecular flexibility index (Phi) is 9.08. The van der Waals surface area contributed by atoms with Gasteiger partial charge in [0, 0.05) is 37.8 Å². The minimum absolute atomic E-state index is 0. The highest BCUT2D eigenvalue weighted by Gasteiger charge is 2.19. The minimum atomic E-state index is -0.0391. The third kappa shape index (κ3) is 7.04. The van der Waals surface area contributed by atoms with Gasteiger partial charge in [0.05, 0.1) is 12.7 Å². The Balaban J connectivity index is 0.00000364. The van der Waals surface area contributed by atoms with Gasteiger partial charge in [-0.3, -0.25) is 4.99 Å². The molecule has 6 nitrogen and oxygen atoms in total. The van der Waals surface area contributed by atoms with Crippen LogP contribution in [0.1, 0.15) is 39.3 Å². The van der Waals surface area contributed by atoms with Crippen LogP contribution < -0.4 is 15.5 Å². The molecule has 150 valence electrons. The first-order valence-electron chi connectivity index (χ1n) is 8.99. The highest BCUT2D eigenvalue weighted by Crippen LogP contribution is 2.22. The highest BCUT2D eigenvalue weighted by molar-refractivity contribution is 14.0. The second-order valence-corrected chi connectivity index (χ2v) is 7.47. The van der Waals surface area contributed by atoms with Crippen molar-refractivity contribution in [1.82, 2.24) is 15.6 Å². The molecule has 1 aromatic carbocycles. The van der Waals surface area contributed by atoms with Crippen molar-refractivity contribution in [1.29, 1.82) is 0 Å². The van der Waals surface area contributed by atoms with Crippen LogP contribution in [0.4, 0.5) is 5.69 Å². The van der Waals surface area contributed by atoms with E-state index in [0.717, 1.165) is 18.3 Å². The summed E-state index contributed by atoms with van der Waals surface area (Å²) in [6.45, 7) is 9.76. The Bertz CT molecular complexity index is 709. The lowest BCUT2D eigenvalue weighted by atomic mass is 9.94. The van der Waals surface area contributed by atoms with Gasteiger partial charge >= 0.3 is 0 Å². The summed E-state index contributed by atoms with van der Waals surface area (Å²) in [5.74, 6) is 2.27. The third-order valence-electron chi connectivity index (χ3n) is 4.31. The Labute approximate surface area is 179 Å². The molecule has 27 heavy (non-hydrogen) atoms. The number of oxazole rings is 1. The van der Waals surface area contributed by atoms with Crippen LogP contribution in [0.15, 0.2) is 45.9 Å². The van der Waals surface area contributed by atoms with Gasteiger partial charge in [0.15, 0.2) is 5.96 Å². The standard InChI is InChI=1S/C20H31N5O.HI/c1-15(25(6)16-10-8-7-9-11-16)12-23-19(21-5)24-14-18-22-13-17(26-18)20(2,3)4;/h7-11,13,15H,12,14H2,1-6H3,(H2,21,23,24);1H. The Morgan fingerprint density at radius 1 is 1.22 bits per heavy atom. The minimum Gasteiger partial charge on any atom is -0.443 e. The fourth-order valence-electron chi connectivity index (χ4n) is 2.42. The molecular weight excluding hydrogens is 453 g/mol. The Morgan fingerprint density at radius 2 is 1.89 bits per heavy atom. The van der Waals surface area contributed by atoms with E-state index >= 15 is 0 Å². The fraction of sp³-hybridized carbons (Fsp3) is 0.500. The number of likely N-dealkylation sites (N-methyl/N-ethyl adjacent to an activating group) is 1. The number of para-hydroxylation sites is 1. The lowest BCUT2D eigenvalue weighted by molar-refractivity contribution is 0.379. The van der Waals surface area contributed by atoms with Gasteiger partial charge in [0.1, 0.15) is 5.76 Å². The molecule has 1 aromatic heterocycles. The number of rotatable bonds is 6. The number of nitrogens with zero attached hydrogens (tertiary/aromatic N) is 3. The molecule has 2 N–H and O–H groups in total. The number of hydrogen-bond acceptors (Lipinski definition) is 4. The molecule has 0 aliphatic rings. The van der Waals surface area contributed by atoms with E-state index in [2.05, 4.69) is 84.5 Å². The SMILES string of the molecule is CN=C(NCc1ncc(C(C)(C)C)o1)NCC(C)N(C)c1ccccc1.I. The average Bonchev–Trinajstić information content (AvgIpc) is 3.11. The van der Waals surface area contributed by atoms with Crippen LogP contribution in [0.5, 0.6) is 0 Å². The summed E-state index contributed by atoms with van der Waals surface area (Å²) in [7, 11) is 3.86. The van der Waals surface area contributed by atoms with E-state index in [-0.39, 0.29) is 29.4 Å². The van der Waals surface area contributed by atoms with Crippen molar-refractivity contribution in [2.24, 2.45) is 4.99 Å². The molecule has 0 saturated heterocycles. The fourth-order valence-corrected chi connectivity index (χ4v) is 2.42. The van der Waals surface area contributed by atoms with Gasteiger partial charge in [-0.05, 0) is 19.1 Å². The van der Waals surface area contributed by atoms with Crippen molar-refractivity contribution >= 4 is 35.6 Å². The van der Waals surface area contributed by atoms with Crippen molar-refractivity contribution in [3.8, 4) is 0 Å². The molecule has 2 rings (SSSR count). The van der Waals surface area contributed by atoms with Gasteiger partial charge in [-0.15, -0.1) is 24.0 Å². The van der Waals surface area contributed by atoms with Crippen molar-refractivity contribution in [3.63, 3.8) is 0 Å². The van der Waals surface area contributed by atoms with Gasteiger partial charge in [0.2, 0.25) is 5.89 Å². The second kappa shape index (κ2) is 10.5. The molecule has 0 saturated carbocycles. The van der Waals surface area contributed by atoms with E-state index in [1.165, 1.54) is 5.69 Å². The maximum absolute atomic E-state index is 5.80. The van der Waals surface area contributed by atoms with Crippen LogP contribution in [-0.2, 0) is 12.0 Å². The second-order valence-electron chi connectivity index (χ2n) is 7.47. The van der Waals surface area contributed by atoms with Crippen molar-refractivity contribution < 1.29 is 4.42 Å². The lowest BCUT2D eigenvalue weighted by Crippen LogP contribution is -2.44. The number of aliphatic imine (C=N–C) groups is 1. The van der Waals surface area contributed by atoms with Crippen LogP contribution in [-0.4, -0.2) is 37.6 Å². The van der Waals surface area contributed by atoms with Crippen LogP contribution in [0.25, 0.3) is 0 Å². The summed E-state index contributed by atoms with van der Waals surface area (Å²) < 4.78 is 5.80. The first-order chi connectivity index (χ1) is 12.3. The molecule has 0 radical (unpaired) electrons. The quantitative estimate of drug-likeness (QED) is 0.371. The topological polar surface area (TPSA) is 65.7 Å². The predicted octanol–water partition coefficient (Wildman–Crippen LogP) is 3.78. The molecule has 0 spiro atoms. The number of halogens is 1. The normalized spacial score (nSPS) is 12.9. The number of guanidine groups is 1. The molecule has 0 aliphatic carbocycles. The van der Waals surface area contributed by atoms with Crippen molar-refractivity contribution in [3.05, 3.63) is 48.2 Å². The zero-order chi connectivity index (χ0) is 19.2. The summed E-state index contributed by atoms with van der Waals surface area (Å²) in [6, 6.07) is 10.7. The highest BCUT2D eigenvalue weighted by atomic mass is 127. The van der Waals surface area contributed by atoms with E-state index in [9.17, 15) is 0 Å². The predicted molar refractivity (Wildman–Crippen MR) is 123 cm³/mol. The van der Waals surface area contributed by atoms with E-state index in [4.69, 9.17) is 4.42 Å². The summed E-state index contributed by atoms with van der Waals surface area (Å²) in [4.78, 5) is 10.8. The molecule has 1 unspecified atom stereocenters. The zero-order valence-corrected chi connectivity index (χ0v) is 19.4. The van der Waals surface area contributed by atoms with Gasteiger partial charge in [0.25, 0.3) is 0 Å². The molecule has 2 aromatic rings. The molecular formula is C20H32IN5O. The molecule has 1 atom stereocenters. The van der Waals surface area contributed by atoms with Crippen LogP contribution in [0, 0.1) is 0 Å². The molecule has 0 amide bonds. The molecule has 0 aliphatic heterocycles. The number of nitrogens with one attached hydrogen (secondary N) is 2. The van der Waals surface area contributed by atoms with Gasteiger partial charge < -0.3 is 20.0 Å². The maximum Gasteiger partial charge on any atom is 0.213 e. The molecule has 7 heteroatoms. The third-order valence-corrected chi connectivity index (χ3v) is 4.31. The van der Waals surface area contributed by atoms with Gasteiger partial charge in [-0.25, -0.2) is 4.98 Å². The average molecular weight is 485 g/mol. The summed E-state index contributed by atoms with van der Waals surface area (Å²) in [6.07, 6.45) is 1.80. The van der Waals surface area contributed by atoms with Crippen LogP contribution in [0.2, 0.25) is 0 Å². The number of aromatic nitrogens is 1. The lowest BCUT2D eigenvalue weighted by Gasteiger charge is -2.27. The largest absolute Gasteiger partial charge is 0.443 e. The smallest absolute Gasteiger partial charge is 0.213 e. The number of hydrogen-bond donors (Lipinski definition) is 2. The summed E-state index contributed by atoms with van der Waals surface area (Å²) >= 11 is 0. The van der Waals surface area contributed by atoms with E-state index in [0.29, 0.717) is 18.5 Å². The summed E-state index contributed by atoms with van der Waals surface area (Å²) in [5.41, 5.74) is 1.15. The molecule has 1 heterocycles. The molecule has 0 fully saturated rings. The van der Waals surface area contributed by atoms with Crippen molar-refractivity contribution in [2.45, 2.75) is 45.7 Å². The Hall–Kier alpha value is -1.77. The maximum atomic E-state index is 5.80. The summed E-state index contributed by atoms with van der Waals surface area (Å²) in [5, 5.41) is 6.60. The van der Waals surface area contributed by atoms with Crippen LogP contribution in [0.3, 0.4) is 0 Å².